The normalized spacial score (nSPS) is 10.7. The van der Waals surface area contributed by atoms with Gasteiger partial charge in [0.1, 0.15) is 11.6 Å². The van der Waals surface area contributed by atoms with Gasteiger partial charge in [-0.1, -0.05) is 21.6 Å². The molecule has 0 saturated heterocycles. The SMILES string of the molecule is Cc1cc(F)ccc1SSc1ccc(F)cc1C. The van der Waals surface area contributed by atoms with Crippen LogP contribution in [0.4, 0.5) is 8.78 Å². The predicted molar refractivity (Wildman–Crippen MR) is 74.0 cm³/mol. The molecule has 0 aliphatic rings. The van der Waals surface area contributed by atoms with Gasteiger partial charge in [-0.2, -0.15) is 0 Å². The summed E-state index contributed by atoms with van der Waals surface area (Å²) < 4.78 is 25.9. The highest BCUT2D eigenvalue weighted by atomic mass is 33.1. The lowest BCUT2D eigenvalue weighted by molar-refractivity contribution is 0.624. The molecule has 0 heterocycles. The van der Waals surface area contributed by atoms with E-state index in [1.165, 1.54) is 24.3 Å². The van der Waals surface area contributed by atoms with Crippen LogP contribution in [0.15, 0.2) is 46.2 Å². The van der Waals surface area contributed by atoms with Crippen LogP contribution in [-0.2, 0) is 0 Å². The fourth-order valence-corrected chi connectivity index (χ4v) is 3.97. The monoisotopic (exact) mass is 282 g/mol. The molecule has 0 aliphatic heterocycles. The van der Waals surface area contributed by atoms with Gasteiger partial charge in [0, 0.05) is 9.79 Å². The molecule has 0 atom stereocenters. The molecule has 0 nitrogen and oxygen atoms in total. The zero-order valence-electron chi connectivity index (χ0n) is 10.0. The predicted octanol–water partition coefficient (Wildman–Crippen LogP) is 5.38. The molecule has 0 unspecified atom stereocenters. The Morgan fingerprint density at radius 3 is 1.44 bits per heavy atom. The van der Waals surface area contributed by atoms with Crippen molar-refractivity contribution in [3.63, 3.8) is 0 Å². The third kappa shape index (κ3) is 3.27. The Hall–Kier alpha value is -1.00. The third-order valence-corrected chi connectivity index (χ3v) is 5.18. The number of halogens is 2. The molecule has 0 aromatic heterocycles. The van der Waals surface area contributed by atoms with Crippen LogP contribution in [0, 0.1) is 25.5 Å². The highest BCUT2D eigenvalue weighted by Crippen LogP contribution is 2.40. The molecule has 0 N–H and O–H groups in total. The van der Waals surface area contributed by atoms with Crippen LogP contribution in [0.1, 0.15) is 11.1 Å². The zero-order valence-corrected chi connectivity index (χ0v) is 11.7. The van der Waals surface area contributed by atoms with Crippen molar-refractivity contribution in [2.75, 3.05) is 0 Å². The Morgan fingerprint density at radius 1 is 0.722 bits per heavy atom. The van der Waals surface area contributed by atoms with Crippen molar-refractivity contribution in [2.45, 2.75) is 23.6 Å². The van der Waals surface area contributed by atoms with Gasteiger partial charge in [0.25, 0.3) is 0 Å². The fourth-order valence-electron chi connectivity index (χ4n) is 1.50. The van der Waals surface area contributed by atoms with Crippen molar-refractivity contribution in [1.29, 1.82) is 0 Å². The first kappa shape index (κ1) is 13.4. The molecule has 0 radical (unpaired) electrons. The van der Waals surface area contributed by atoms with E-state index in [0.717, 1.165) is 20.9 Å². The van der Waals surface area contributed by atoms with E-state index in [0.29, 0.717) is 0 Å². The zero-order chi connectivity index (χ0) is 13.1. The van der Waals surface area contributed by atoms with Gasteiger partial charge in [0.2, 0.25) is 0 Å². The molecular weight excluding hydrogens is 270 g/mol. The topological polar surface area (TPSA) is 0 Å². The summed E-state index contributed by atoms with van der Waals surface area (Å²) in [7, 11) is 3.11. The van der Waals surface area contributed by atoms with E-state index in [1.54, 1.807) is 33.7 Å². The average Bonchev–Trinajstić information content (AvgIpc) is 2.30. The average molecular weight is 282 g/mol. The molecule has 94 valence electrons. The van der Waals surface area contributed by atoms with E-state index < -0.39 is 0 Å². The molecule has 0 bridgehead atoms. The molecule has 2 aromatic carbocycles. The van der Waals surface area contributed by atoms with Gasteiger partial charge >= 0.3 is 0 Å². The van der Waals surface area contributed by atoms with Gasteiger partial charge in [-0.25, -0.2) is 8.78 Å². The summed E-state index contributed by atoms with van der Waals surface area (Å²) in [4.78, 5) is 2.04. The number of benzene rings is 2. The molecular formula is C14H12F2S2. The lowest BCUT2D eigenvalue weighted by Crippen LogP contribution is -1.82. The fraction of sp³-hybridized carbons (Fsp3) is 0.143. The minimum absolute atomic E-state index is 0.222. The summed E-state index contributed by atoms with van der Waals surface area (Å²) in [5.41, 5.74) is 1.82. The summed E-state index contributed by atoms with van der Waals surface area (Å²) in [6.07, 6.45) is 0. The van der Waals surface area contributed by atoms with Crippen molar-refractivity contribution >= 4 is 21.6 Å². The summed E-state index contributed by atoms with van der Waals surface area (Å²) in [5, 5.41) is 0. The molecule has 0 amide bonds. The summed E-state index contributed by atoms with van der Waals surface area (Å²) >= 11 is 0. The van der Waals surface area contributed by atoms with Crippen LogP contribution in [0.25, 0.3) is 0 Å². The maximum Gasteiger partial charge on any atom is 0.123 e. The number of hydrogen-bond donors (Lipinski definition) is 0. The lowest BCUT2D eigenvalue weighted by atomic mass is 10.2. The van der Waals surface area contributed by atoms with Gasteiger partial charge < -0.3 is 0 Å². The largest absolute Gasteiger partial charge is 0.207 e. The standard InChI is InChI=1S/C14H12F2S2/c1-9-7-11(15)3-5-13(9)17-18-14-6-4-12(16)8-10(14)2/h3-8H,1-2H3. The first-order chi connectivity index (χ1) is 8.56. The third-order valence-electron chi connectivity index (χ3n) is 2.50. The second-order valence-corrected chi connectivity index (χ2v) is 6.20. The van der Waals surface area contributed by atoms with Crippen molar-refractivity contribution < 1.29 is 8.78 Å². The van der Waals surface area contributed by atoms with Crippen LogP contribution in [0.5, 0.6) is 0 Å². The molecule has 4 heteroatoms. The van der Waals surface area contributed by atoms with E-state index in [1.807, 2.05) is 13.8 Å². The van der Waals surface area contributed by atoms with E-state index >= 15 is 0 Å². The maximum atomic E-state index is 13.0. The van der Waals surface area contributed by atoms with Gasteiger partial charge in [0.15, 0.2) is 0 Å². The smallest absolute Gasteiger partial charge is 0.123 e. The van der Waals surface area contributed by atoms with E-state index in [9.17, 15) is 8.78 Å². The van der Waals surface area contributed by atoms with Gasteiger partial charge in [-0.3, -0.25) is 0 Å². The summed E-state index contributed by atoms with van der Waals surface area (Å²) in [6.45, 7) is 3.76. The van der Waals surface area contributed by atoms with Gasteiger partial charge in [-0.15, -0.1) is 0 Å². The van der Waals surface area contributed by atoms with E-state index in [-0.39, 0.29) is 11.6 Å². The van der Waals surface area contributed by atoms with Crippen LogP contribution >= 0.6 is 21.6 Å². The van der Waals surface area contributed by atoms with Crippen molar-refractivity contribution in [3.05, 3.63) is 59.2 Å². The number of rotatable bonds is 3. The van der Waals surface area contributed by atoms with Gasteiger partial charge in [-0.05, 0) is 61.4 Å². The van der Waals surface area contributed by atoms with Crippen molar-refractivity contribution in [1.82, 2.24) is 0 Å². The quantitative estimate of drug-likeness (QED) is 0.693. The minimum atomic E-state index is -0.222. The van der Waals surface area contributed by atoms with Gasteiger partial charge in [0.05, 0.1) is 0 Å². The summed E-state index contributed by atoms with van der Waals surface area (Å²) in [6, 6.07) is 9.46. The molecule has 0 spiro atoms. The first-order valence-corrected chi connectivity index (χ1v) is 7.58. The van der Waals surface area contributed by atoms with E-state index in [2.05, 4.69) is 0 Å². The molecule has 2 rings (SSSR count). The van der Waals surface area contributed by atoms with E-state index in [4.69, 9.17) is 0 Å². The second-order valence-electron chi connectivity index (χ2n) is 3.99. The lowest BCUT2D eigenvalue weighted by Gasteiger charge is -2.07. The van der Waals surface area contributed by atoms with Crippen LogP contribution < -0.4 is 0 Å². The Balaban J connectivity index is 2.11. The minimum Gasteiger partial charge on any atom is -0.207 e. The first-order valence-electron chi connectivity index (χ1n) is 5.43. The van der Waals surface area contributed by atoms with Crippen LogP contribution in [0.2, 0.25) is 0 Å². The Morgan fingerprint density at radius 2 is 1.11 bits per heavy atom. The number of aryl methyl sites for hydroxylation is 2. The van der Waals surface area contributed by atoms with Crippen LogP contribution in [-0.4, -0.2) is 0 Å². The molecule has 0 saturated carbocycles. The second kappa shape index (κ2) is 5.76. The Kier molecular flexibility index (Phi) is 4.30. The Labute approximate surface area is 113 Å². The maximum absolute atomic E-state index is 13.0. The molecule has 18 heavy (non-hydrogen) atoms. The number of hydrogen-bond acceptors (Lipinski definition) is 2. The molecule has 0 aliphatic carbocycles. The highest BCUT2D eigenvalue weighted by molar-refractivity contribution is 8.76. The molecule has 2 aromatic rings. The van der Waals surface area contributed by atoms with Crippen molar-refractivity contribution in [3.8, 4) is 0 Å². The van der Waals surface area contributed by atoms with Crippen LogP contribution in [0.3, 0.4) is 0 Å². The highest BCUT2D eigenvalue weighted by Gasteiger charge is 2.05. The Bertz CT molecular complexity index is 516. The summed E-state index contributed by atoms with van der Waals surface area (Å²) in [5.74, 6) is -0.445. The molecule has 0 fully saturated rings. The van der Waals surface area contributed by atoms with Crippen molar-refractivity contribution in [2.24, 2.45) is 0 Å².